The van der Waals surface area contributed by atoms with Gasteiger partial charge in [-0.2, -0.15) is 0 Å². The van der Waals surface area contributed by atoms with Crippen molar-refractivity contribution < 1.29 is 33.4 Å². The van der Waals surface area contributed by atoms with Crippen molar-refractivity contribution in [3.8, 4) is 0 Å². The Balaban J connectivity index is 1.00. The van der Waals surface area contributed by atoms with E-state index in [-0.39, 0.29) is 72.6 Å². The molecule has 4 fully saturated rings. The molecule has 4 aliphatic rings. The second-order valence-electron chi connectivity index (χ2n) is 20.4. The van der Waals surface area contributed by atoms with Crippen molar-refractivity contribution in [1.29, 1.82) is 0 Å². The van der Waals surface area contributed by atoms with Crippen LogP contribution in [0, 0.1) is 22.7 Å². The summed E-state index contributed by atoms with van der Waals surface area (Å²) in [6.07, 6.45) is 4.50. The Morgan fingerprint density at radius 2 is 1.00 bits per heavy atom. The minimum Gasteiger partial charge on any atom is -0.377 e. The van der Waals surface area contributed by atoms with Gasteiger partial charge in [-0.1, -0.05) is 140 Å². The third-order valence-electron chi connectivity index (χ3n) is 14.2. The second-order valence-corrected chi connectivity index (χ2v) is 23.8. The summed E-state index contributed by atoms with van der Waals surface area (Å²) in [5.74, 6) is 1.37. The number of thiocarbonyl (C=S) groups is 2. The van der Waals surface area contributed by atoms with Crippen molar-refractivity contribution in [1.82, 2.24) is 31.1 Å². The van der Waals surface area contributed by atoms with Gasteiger partial charge in [-0.25, -0.2) is 0 Å². The van der Waals surface area contributed by atoms with Crippen LogP contribution in [-0.4, -0.2) is 129 Å². The van der Waals surface area contributed by atoms with Gasteiger partial charge in [0.1, 0.15) is 24.2 Å². The molecule has 13 nitrogen and oxygen atoms in total. The first kappa shape index (κ1) is 55.0. The van der Waals surface area contributed by atoms with Gasteiger partial charge in [-0.05, 0) is 72.0 Å². The number of hydrogen-bond donors (Lipinski definition) is 4. The van der Waals surface area contributed by atoms with Crippen LogP contribution in [0.15, 0.2) is 60.7 Å². The Morgan fingerprint density at radius 3 is 1.36 bits per heavy atom. The minimum absolute atomic E-state index is 0.0728. The molecule has 4 aliphatic heterocycles. The molecule has 0 bridgehead atoms. The van der Waals surface area contributed by atoms with Crippen LogP contribution in [0.1, 0.15) is 117 Å². The first-order valence-corrected chi connectivity index (χ1v) is 27.8. The molecule has 0 aromatic heterocycles. The van der Waals surface area contributed by atoms with E-state index < -0.39 is 47.1 Å². The van der Waals surface area contributed by atoms with E-state index in [2.05, 4.69) is 76.7 Å². The average molecular weight is 1030 g/mol. The molecular weight excluding hydrogens is 949 g/mol. The van der Waals surface area contributed by atoms with Crippen LogP contribution in [0.2, 0.25) is 0 Å². The summed E-state index contributed by atoms with van der Waals surface area (Å²) in [7, 11) is 0. The van der Waals surface area contributed by atoms with E-state index in [4.69, 9.17) is 38.6 Å². The molecule has 4 amide bonds. The number of amides is 4. The Morgan fingerprint density at radius 1 is 0.638 bits per heavy atom. The van der Waals surface area contributed by atoms with Crippen molar-refractivity contribution in [3.63, 3.8) is 0 Å². The number of rotatable bonds is 22. The van der Waals surface area contributed by atoms with Crippen molar-refractivity contribution >= 4 is 81.6 Å². The smallest absolute Gasteiger partial charge is 0.246 e. The van der Waals surface area contributed by atoms with Crippen LogP contribution in [-0.2, 0) is 33.4 Å². The lowest BCUT2D eigenvalue weighted by Gasteiger charge is -2.35. The van der Waals surface area contributed by atoms with Gasteiger partial charge in [0.2, 0.25) is 23.6 Å². The number of carbonyl (C=O) groups excluding carboxylic acids is 4. The molecule has 69 heavy (non-hydrogen) atoms. The van der Waals surface area contributed by atoms with E-state index in [1.165, 1.54) is 0 Å². The van der Waals surface area contributed by atoms with E-state index in [0.717, 1.165) is 35.5 Å². The van der Waals surface area contributed by atoms with Gasteiger partial charge < -0.3 is 45.3 Å². The third-order valence-corrected chi connectivity index (χ3v) is 17.7. The van der Waals surface area contributed by atoms with Crippen LogP contribution in [0.4, 0.5) is 0 Å². The van der Waals surface area contributed by atoms with Gasteiger partial charge in [-0.3, -0.25) is 19.2 Å². The standard InChI is InChI=1S/C52H76N6O7S4/c1-9-33(3)47(66)55-37-21-27-68-41-29-51(5,6)43(57(41)49(37)61)45(59)53-39(35-17-13-11-14-18-35)31-64-25-23-63-24-26-65-32-40(36-19-15-12-16-20-36)54-46(60)44-52(7,8)30-42-58(44)50(62)38(22-28-69-42)56-48(67)34(4)10-2/h11-20,33-34,37-44H,9-10,21-32H2,1-8H3,(H,53,59)(H,54,60)(H,55,66)(H,56,67)/t33-,34-,37+,38+,39-,40-,41+,42+,43-,44?/m1/s1. The number of benzene rings is 2. The number of hydrogen-bond acceptors (Lipinski definition) is 11. The largest absolute Gasteiger partial charge is 0.377 e. The van der Waals surface area contributed by atoms with Gasteiger partial charge in [0.05, 0.1) is 72.4 Å². The first-order chi connectivity index (χ1) is 33.0. The topological polar surface area (TPSA) is 151 Å². The summed E-state index contributed by atoms with van der Waals surface area (Å²) >= 11 is 14.8. The molecule has 0 saturated carbocycles. The van der Waals surface area contributed by atoms with Gasteiger partial charge in [0.15, 0.2) is 0 Å². The van der Waals surface area contributed by atoms with E-state index in [1.54, 1.807) is 23.5 Å². The van der Waals surface area contributed by atoms with Crippen molar-refractivity contribution in [2.24, 2.45) is 22.7 Å². The molecule has 380 valence electrons. The Labute approximate surface area is 430 Å². The highest BCUT2D eigenvalue weighted by Gasteiger charge is 2.56. The van der Waals surface area contributed by atoms with E-state index in [1.807, 2.05) is 70.5 Å². The number of fused-ring (bicyclic) bond motifs is 2. The van der Waals surface area contributed by atoms with Gasteiger partial charge in [0.25, 0.3) is 0 Å². The van der Waals surface area contributed by atoms with Gasteiger partial charge >= 0.3 is 0 Å². The molecular formula is C52H76N6O7S4. The van der Waals surface area contributed by atoms with Crippen LogP contribution in [0.5, 0.6) is 0 Å². The molecule has 1 unspecified atom stereocenters. The lowest BCUT2D eigenvalue weighted by Crippen LogP contribution is -2.57. The Hall–Kier alpha value is -3.32. The summed E-state index contributed by atoms with van der Waals surface area (Å²) in [6, 6.07) is 16.3. The molecule has 0 radical (unpaired) electrons. The zero-order valence-electron chi connectivity index (χ0n) is 41.8. The van der Waals surface area contributed by atoms with E-state index in [0.29, 0.717) is 48.9 Å². The lowest BCUT2D eigenvalue weighted by molar-refractivity contribution is -0.142. The summed E-state index contributed by atoms with van der Waals surface area (Å²) in [6.45, 7) is 18.2. The molecule has 2 aromatic carbocycles. The van der Waals surface area contributed by atoms with Crippen LogP contribution >= 0.6 is 48.0 Å². The fourth-order valence-corrected chi connectivity index (χ4v) is 13.5. The maximum absolute atomic E-state index is 14.4. The number of ether oxygens (including phenoxy) is 3. The average Bonchev–Trinajstić information content (AvgIpc) is 3.65. The van der Waals surface area contributed by atoms with Crippen LogP contribution in [0.25, 0.3) is 0 Å². The van der Waals surface area contributed by atoms with Crippen molar-refractivity contribution in [3.05, 3.63) is 71.8 Å². The molecule has 10 atom stereocenters. The zero-order chi connectivity index (χ0) is 49.9. The van der Waals surface area contributed by atoms with E-state index in [9.17, 15) is 19.2 Å². The Bertz CT molecular complexity index is 1920. The van der Waals surface area contributed by atoms with Gasteiger partial charge in [-0.15, -0.1) is 23.5 Å². The maximum atomic E-state index is 14.4. The second kappa shape index (κ2) is 25.4. The number of carbonyl (C=O) groups is 4. The molecule has 2 aromatic rings. The first-order valence-electron chi connectivity index (χ1n) is 24.9. The lowest BCUT2D eigenvalue weighted by atomic mass is 9.83. The van der Waals surface area contributed by atoms with Crippen molar-refractivity contribution in [2.45, 2.75) is 141 Å². The fourth-order valence-electron chi connectivity index (χ4n) is 9.76. The van der Waals surface area contributed by atoms with Gasteiger partial charge in [0, 0.05) is 11.8 Å². The summed E-state index contributed by atoms with van der Waals surface area (Å²) in [5.41, 5.74) is 0.902. The minimum atomic E-state index is -0.662. The number of nitrogens with zero attached hydrogens (tertiary/aromatic N) is 2. The molecule has 6 rings (SSSR count). The molecule has 4 N–H and O–H groups in total. The predicted octanol–water partition coefficient (Wildman–Crippen LogP) is 7.59. The molecule has 4 saturated heterocycles. The quantitative estimate of drug-likeness (QED) is 0.0679. The van der Waals surface area contributed by atoms with Crippen molar-refractivity contribution in [2.75, 3.05) is 51.1 Å². The normalized spacial score (nSPS) is 25.8. The number of thioether (sulfide) groups is 2. The SMILES string of the molecule is CC[C@@H](C)C(=S)N[C@H]1CCS[C@H]2CC(C)(C)C(C(=O)N[C@H](COCCOCCOC[C@@H](NC(=O)[C@H]3N4C(=O)[C@@H](NC(=S)[C@H](C)CC)CCS[C@H]4CC3(C)C)c3ccccc3)c3ccccc3)N2C1=O. The highest BCUT2D eigenvalue weighted by molar-refractivity contribution is 8.00. The zero-order valence-corrected chi connectivity index (χ0v) is 45.1. The number of nitrogens with one attached hydrogen (secondary N) is 4. The highest BCUT2D eigenvalue weighted by Crippen LogP contribution is 2.48. The predicted molar refractivity (Wildman–Crippen MR) is 285 cm³/mol. The van der Waals surface area contributed by atoms with Crippen LogP contribution < -0.4 is 21.3 Å². The third kappa shape index (κ3) is 14.0. The van der Waals surface area contributed by atoms with E-state index >= 15 is 0 Å². The summed E-state index contributed by atoms with van der Waals surface area (Å²) in [4.78, 5) is 62.3. The molecule has 0 spiro atoms. The Kier molecular flexibility index (Phi) is 20.2. The monoisotopic (exact) mass is 1020 g/mol. The maximum Gasteiger partial charge on any atom is 0.246 e. The molecule has 17 heteroatoms. The summed E-state index contributed by atoms with van der Waals surface area (Å²) in [5, 5.41) is 13.1. The highest BCUT2D eigenvalue weighted by atomic mass is 32.2. The van der Waals surface area contributed by atoms with Crippen LogP contribution in [0.3, 0.4) is 0 Å². The molecule has 0 aliphatic carbocycles. The fraction of sp³-hybridized carbons (Fsp3) is 0.654. The summed E-state index contributed by atoms with van der Waals surface area (Å²) < 4.78 is 18.2. The molecule has 4 heterocycles.